The maximum atomic E-state index is 11.0. The first-order chi connectivity index (χ1) is 15.9. The molecule has 1 unspecified atom stereocenters. The summed E-state index contributed by atoms with van der Waals surface area (Å²) in [5.41, 5.74) is -1.22. The molecule has 3 aliphatic rings. The number of rotatable bonds is 7. The van der Waals surface area contributed by atoms with Gasteiger partial charge in [0.05, 0.1) is 11.1 Å². The second kappa shape index (κ2) is 8.27. The maximum absolute atomic E-state index is 11.0. The third-order valence-electron chi connectivity index (χ3n) is 6.81. The van der Waals surface area contributed by atoms with Crippen molar-refractivity contribution in [1.29, 1.82) is 0 Å². The fourth-order valence-electron chi connectivity index (χ4n) is 5.18. The Morgan fingerprint density at radius 3 is 2.32 bits per heavy atom. The van der Waals surface area contributed by atoms with Crippen LogP contribution in [0.3, 0.4) is 0 Å². The number of aromatic carboxylic acids is 1. The zero-order valence-electron chi connectivity index (χ0n) is 19.3. The van der Waals surface area contributed by atoms with E-state index in [4.69, 9.17) is 29.3 Å². The van der Waals surface area contributed by atoms with Crippen LogP contribution in [0.4, 0.5) is 0 Å². The van der Waals surface area contributed by atoms with Crippen LogP contribution in [0.15, 0.2) is 24.4 Å². The molecule has 0 aromatic carbocycles. The van der Waals surface area contributed by atoms with Gasteiger partial charge in [-0.25, -0.2) is 14.5 Å². The van der Waals surface area contributed by atoms with Crippen molar-refractivity contribution >= 4 is 31.9 Å². The largest absolute Gasteiger partial charge is 0.478 e. The summed E-state index contributed by atoms with van der Waals surface area (Å²) < 4.78 is 11.6. The summed E-state index contributed by atoms with van der Waals surface area (Å²) in [5, 5.41) is 23.9. The smallest absolute Gasteiger partial charge is 0.338 e. The van der Waals surface area contributed by atoms with Crippen LogP contribution >= 0.6 is 11.6 Å². The summed E-state index contributed by atoms with van der Waals surface area (Å²) >= 11 is 5.90. The van der Waals surface area contributed by atoms with E-state index < -0.39 is 11.5 Å². The summed E-state index contributed by atoms with van der Waals surface area (Å²) in [6.07, 6.45) is 6.25. The van der Waals surface area contributed by atoms with E-state index >= 15 is 0 Å². The van der Waals surface area contributed by atoms with Gasteiger partial charge in [-0.15, -0.1) is 5.10 Å². The molecule has 0 aliphatic heterocycles. The van der Waals surface area contributed by atoms with Crippen LogP contribution in [0, 0.1) is 16.7 Å². The average Bonchev–Trinajstić information content (AvgIpc) is 3.69. The molecular weight excluding hydrogens is 461 g/mol. The van der Waals surface area contributed by atoms with Crippen molar-refractivity contribution in [3.8, 4) is 11.7 Å². The standard InChI is InChI=1S/C18H17BClN3O4.C5H10O2/c19-18(26,15-16(4-5-16)17(15)6-7-17)9-27-12-3-8-23(22-12)11-2-1-10(14(24)25)13(20)21-11;1-5(2,3)7-4-6/h1-3,8,15,26H,4-7,9H2,(H,24,25);4H,1-3H3. The number of fused-ring (bicyclic) bond motifs is 1. The van der Waals surface area contributed by atoms with E-state index in [2.05, 4.69) is 14.8 Å². The topological polar surface area (TPSA) is 124 Å². The van der Waals surface area contributed by atoms with Crippen LogP contribution in [-0.4, -0.2) is 63.0 Å². The number of carboxylic acid groups (broad SMARTS) is 1. The predicted molar refractivity (Wildman–Crippen MR) is 123 cm³/mol. The molecule has 2 radical (unpaired) electrons. The van der Waals surface area contributed by atoms with Gasteiger partial charge < -0.3 is 19.7 Å². The molecule has 1 atom stereocenters. The van der Waals surface area contributed by atoms with Gasteiger partial charge >= 0.3 is 5.97 Å². The molecule has 3 aliphatic carbocycles. The highest BCUT2D eigenvalue weighted by Crippen LogP contribution is 2.93. The van der Waals surface area contributed by atoms with Crippen molar-refractivity contribution in [2.45, 2.75) is 57.6 Å². The van der Waals surface area contributed by atoms with Crippen molar-refractivity contribution in [2.75, 3.05) is 6.61 Å². The van der Waals surface area contributed by atoms with Crippen LogP contribution in [-0.2, 0) is 9.53 Å². The van der Waals surface area contributed by atoms with E-state index in [1.54, 1.807) is 12.3 Å². The molecule has 34 heavy (non-hydrogen) atoms. The number of nitrogens with zero attached hydrogens (tertiary/aromatic N) is 3. The van der Waals surface area contributed by atoms with Gasteiger partial charge in [-0.2, -0.15) is 0 Å². The molecule has 5 rings (SSSR count). The van der Waals surface area contributed by atoms with Gasteiger partial charge in [0.15, 0.2) is 5.82 Å². The Kier molecular flexibility index (Phi) is 5.97. The van der Waals surface area contributed by atoms with Gasteiger partial charge in [-0.1, -0.05) is 11.6 Å². The predicted octanol–water partition coefficient (Wildman–Crippen LogP) is 3.00. The van der Waals surface area contributed by atoms with Gasteiger partial charge in [0.1, 0.15) is 25.2 Å². The Hall–Kier alpha value is -2.59. The number of pyridine rings is 1. The van der Waals surface area contributed by atoms with Gasteiger partial charge in [-0.05, 0) is 75.3 Å². The zero-order chi connectivity index (χ0) is 24.9. The van der Waals surface area contributed by atoms with Crippen LogP contribution in [0.5, 0.6) is 5.88 Å². The van der Waals surface area contributed by atoms with E-state index in [-0.39, 0.29) is 39.7 Å². The van der Waals surface area contributed by atoms with Crippen molar-refractivity contribution in [3.05, 3.63) is 35.1 Å². The molecule has 2 N–H and O–H groups in total. The summed E-state index contributed by atoms with van der Waals surface area (Å²) in [6, 6.07) is 4.50. The SMILES string of the molecule is CC(C)(C)OC=O.[B]C(O)(COc1ccn(-c2ccc(C(=O)O)c(Cl)n2)n1)C1C2(CC2)C12CC2. The van der Waals surface area contributed by atoms with Crippen LogP contribution < -0.4 is 4.74 Å². The number of aromatic nitrogens is 3. The average molecular weight is 488 g/mol. The van der Waals surface area contributed by atoms with Gasteiger partial charge in [-0.3, -0.25) is 4.79 Å². The Bertz CT molecular complexity index is 1090. The maximum Gasteiger partial charge on any atom is 0.338 e. The number of hydrogen-bond donors (Lipinski definition) is 2. The summed E-state index contributed by atoms with van der Waals surface area (Å²) in [7, 11) is 6.19. The van der Waals surface area contributed by atoms with Crippen molar-refractivity contribution in [1.82, 2.24) is 14.8 Å². The van der Waals surface area contributed by atoms with E-state index in [0.29, 0.717) is 18.2 Å². The molecule has 2 spiro atoms. The molecular formula is C23H27BClN3O6. The van der Waals surface area contributed by atoms with Crippen molar-refractivity contribution < 1.29 is 29.3 Å². The van der Waals surface area contributed by atoms with Gasteiger partial charge in [0, 0.05) is 12.3 Å². The molecule has 2 heterocycles. The van der Waals surface area contributed by atoms with E-state index in [1.807, 2.05) is 20.8 Å². The number of carbonyl (C=O) groups excluding carboxylic acids is 1. The molecule has 2 aromatic heterocycles. The third kappa shape index (κ3) is 4.53. The minimum absolute atomic E-state index is 0.0235. The molecule has 3 saturated carbocycles. The first kappa shape index (κ1) is 24.5. The Morgan fingerprint density at radius 1 is 1.26 bits per heavy atom. The van der Waals surface area contributed by atoms with E-state index in [1.165, 1.54) is 16.8 Å². The zero-order valence-corrected chi connectivity index (χ0v) is 20.1. The second-order valence-electron chi connectivity index (χ2n) is 10.3. The fraction of sp³-hybridized carbons (Fsp3) is 0.565. The molecule has 180 valence electrons. The quantitative estimate of drug-likeness (QED) is 0.347. The summed E-state index contributed by atoms with van der Waals surface area (Å²) in [6.45, 7) is 5.90. The Morgan fingerprint density at radius 2 is 1.88 bits per heavy atom. The van der Waals surface area contributed by atoms with Gasteiger partial charge in [0.25, 0.3) is 6.47 Å². The lowest BCUT2D eigenvalue weighted by Gasteiger charge is -2.24. The number of carbonyl (C=O) groups is 2. The van der Waals surface area contributed by atoms with Crippen LogP contribution in [0.2, 0.25) is 5.15 Å². The summed E-state index contributed by atoms with van der Waals surface area (Å²) in [5.74, 6) is -0.371. The van der Waals surface area contributed by atoms with Gasteiger partial charge in [0.2, 0.25) is 5.88 Å². The number of ether oxygens (including phenoxy) is 2. The third-order valence-corrected chi connectivity index (χ3v) is 7.10. The number of carboxylic acids is 1. The molecule has 0 bridgehead atoms. The first-order valence-electron chi connectivity index (χ1n) is 11.1. The highest BCUT2D eigenvalue weighted by Gasteiger charge is 2.89. The molecule has 2 aromatic rings. The lowest BCUT2D eigenvalue weighted by atomic mass is 9.76. The monoisotopic (exact) mass is 487 g/mol. The summed E-state index contributed by atoms with van der Waals surface area (Å²) in [4.78, 5) is 24.6. The number of hydrogen-bond acceptors (Lipinski definition) is 7. The van der Waals surface area contributed by atoms with Crippen molar-refractivity contribution in [3.63, 3.8) is 0 Å². The highest BCUT2D eigenvalue weighted by atomic mass is 35.5. The lowest BCUT2D eigenvalue weighted by Crippen LogP contribution is -2.40. The van der Waals surface area contributed by atoms with E-state index in [0.717, 1.165) is 25.7 Å². The first-order valence-corrected chi connectivity index (χ1v) is 11.4. The second-order valence-corrected chi connectivity index (χ2v) is 10.6. The molecule has 11 heteroatoms. The molecule has 0 amide bonds. The van der Waals surface area contributed by atoms with Crippen LogP contribution in [0.1, 0.15) is 56.8 Å². The number of aliphatic hydroxyl groups is 1. The Balaban J connectivity index is 0.000000344. The normalized spacial score (nSPS) is 20.6. The minimum atomic E-state index is -1.36. The molecule has 3 fully saturated rings. The molecule has 0 saturated heterocycles. The highest BCUT2D eigenvalue weighted by molar-refractivity contribution is 6.32. The van der Waals surface area contributed by atoms with E-state index in [9.17, 15) is 14.7 Å². The fourth-order valence-corrected chi connectivity index (χ4v) is 5.41. The number of halogens is 1. The lowest BCUT2D eigenvalue weighted by molar-refractivity contribution is -0.138. The van der Waals surface area contributed by atoms with Crippen molar-refractivity contribution in [2.24, 2.45) is 16.7 Å². The minimum Gasteiger partial charge on any atom is -0.478 e. The Labute approximate surface area is 203 Å². The van der Waals surface area contributed by atoms with Crippen LogP contribution in [0.25, 0.3) is 5.82 Å². The molecule has 9 nitrogen and oxygen atoms in total.